The van der Waals surface area contributed by atoms with Crippen molar-refractivity contribution in [2.45, 2.75) is 38.5 Å². The molecule has 3 rings (SSSR count). The Balaban J connectivity index is 1.78. The van der Waals surface area contributed by atoms with E-state index in [0.717, 1.165) is 0 Å². The monoisotopic (exact) mass is 136 g/mol. The lowest BCUT2D eigenvalue weighted by Gasteiger charge is -2.23. The minimum absolute atomic E-state index is 1.18. The van der Waals surface area contributed by atoms with Crippen LogP contribution in [0.5, 0.6) is 0 Å². The second-order valence-corrected chi connectivity index (χ2v) is 4.68. The smallest absolute Gasteiger partial charge is 0.0380 e. The van der Waals surface area contributed by atoms with Crippen molar-refractivity contribution in [2.75, 3.05) is 0 Å². The molecule has 3 fully saturated rings. The quantitative estimate of drug-likeness (QED) is 0.480. The van der Waals surface area contributed by atoms with Crippen molar-refractivity contribution in [2.24, 2.45) is 23.7 Å². The SMILES string of the molecule is C1CC2C[C@@H]3CC3C[C@@H]2C1. The van der Waals surface area contributed by atoms with Gasteiger partial charge in [-0.25, -0.2) is 0 Å². The van der Waals surface area contributed by atoms with E-state index in [1.807, 2.05) is 0 Å². The summed E-state index contributed by atoms with van der Waals surface area (Å²) in [5.74, 6) is 4.78. The van der Waals surface area contributed by atoms with Gasteiger partial charge in [-0.05, 0) is 42.9 Å². The Hall–Kier alpha value is 0. The summed E-state index contributed by atoms with van der Waals surface area (Å²) < 4.78 is 0. The first kappa shape index (κ1) is 5.62. The molecule has 0 aromatic carbocycles. The van der Waals surface area contributed by atoms with E-state index in [1.54, 1.807) is 38.5 Å². The number of fused-ring (bicyclic) bond motifs is 2. The lowest BCUT2D eigenvalue weighted by molar-refractivity contribution is 0.265. The van der Waals surface area contributed by atoms with Crippen LogP contribution in [-0.2, 0) is 0 Å². The molecule has 0 heterocycles. The highest BCUT2D eigenvalue weighted by atomic mass is 14.5. The highest BCUT2D eigenvalue weighted by Gasteiger charge is 2.47. The molecule has 0 radical (unpaired) electrons. The molecular formula is C10H16. The van der Waals surface area contributed by atoms with Gasteiger partial charge in [0.15, 0.2) is 0 Å². The Morgan fingerprint density at radius 3 is 1.70 bits per heavy atom. The first-order valence-electron chi connectivity index (χ1n) is 4.93. The Morgan fingerprint density at radius 2 is 1.10 bits per heavy atom. The van der Waals surface area contributed by atoms with Gasteiger partial charge in [-0.2, -0.15) is 0 Å². The third-order valence-electron chi connectivity index (χ3n) is 4.10. The van der Waals surface area contributed by atoms with E-state index in [4.69, 9.17) is 0 Å². The Kier molecular flexibility index (Phi) is 1.00. The number of hydrogen-bond acceptors (Lipinski definition) is 0. The van der Waals surface area contributed by atoms with Crippen LogP contribution in [0.25, 0.3) is 0 Å². The molecule has 0 aliphatic heterocycles. The molecule has 0 spiro atoms. The molecule has 3 aliphatic carbocycles. The number of rotatable bonds is 0. The van der Waals surface area contributed by atoms with Gasteiger partial charge >= 0.3 is 0 Å². The van der Waals surface area contributed by atoms with E-state index in [2.05, 4.69) is 0 Å². The van der Waals surface area contributed by atoms with Crippen molar-refractivity contribution in [1.29, 1.82) is 0 Å². The predicted octanol–water partition coefficient (Wildman–Crippen LogP) is 2.83. The summed E-state index contributed by atoms with van der Waals surface area (Å²) >= 11 is 0. The molecule has 2 unspecified atom stereocenters. The van der Waals surface area contributed by atoms with Crippen LogP contribution in [0.15, 0.2) is 0 Å². The van der Waals surface area contributed by atoms with E-state index in [-0.39, 0.29) is 0 Å². The highest BCUT2D eigenvalue weighted by Crippen LogP contribution is 2.57. The average molecular weight is 136 g/mol. The van der Waals surface area contributed by atoms with Crippen LogP contribution in [0, 0.1) is 23.7 Å². The molecule has 10 heavy (non-hydrogen) atoms. The minimum Gasteiger partial charge on any atom is -0.0528 e. The molecule has 0 aromatic heterocycles. The maximum atomic E-state index is 1.62. The molecule has 3 saturated carbocycles. The van der Waals surface area contributed by atoms with Crippen molar-refractivity contribution >= 4 is 0 Å². The standard InChI is InChI=1S/C10H16/c1-2-7-4-9-6-10(9)5-8(7)3-1/h7-10H,1-6H2/t7-,8?,9?,10+/m0/s1. The van der Waals surface area contributed by atoms with Gasteiger partial charge < -0.3 is 0 Å². The van der Waals surface area contributed by atoms with Gasteiger partial charge in [-0.3, -0.25) is 0 Å². The maximum absolute atomic E-state index is 1.62. The van der Waals surface area contributed by atoms with Crippen LogP contribution < -0.4 is 0 Å². The molecule has 0 amide bonds. The molecule has 56 valence electrons. The van der Waals surface area contributed by atoms with E-state index in [9.17, 15) is 0 Å². The molecule has 0 heteroatoms. The summed E-state index contributed by atoms with van der Waals surface area (Å²) in [4.78, 5) is 0. The van der Waals surface area contributed by atoms with Gasteiger partial charge in [0.1, 0.15) is 0 Å². The third-order valence-corrected chi connectivity index (χ3v) is 4.10. The molecule has 0 saturated heterocycles. The fourth-order valence-electron chi connectivity index (χ4n) is 3.40. The van der Waals surface area contributed by atoms with Crippen LogP contribution in [0.4, 0.5) is 0 Å². The highest BCUT2D eigenvalue weighted by molar-refractivity contribution is 4.97. The molecule has 4 atom stereocenters. The summed E-state index contributed by atoms with van der Waals surface area (Å²) in [7, 11) is 0. The van der Waals surface area contributed by atoms with Crippen LogP contribution in [0.2, 0.25) is 0 Å². The van der Waals surface area contributed by atoms with Crippen molar-refractivity contribution in [3.05, 3.63) is 0 Å². The lowest BCUT2D eigenvalue weighted by Crippen LogP contribution is -2.14. The van der Waals surface area contributed by atoms with E-state index in [0.29, 0.717) is 0 Å². The van der Waals surface area contributed by atoms with Crippen molar-refractivity contribution < 1.29 is 0 Å². The third kappa shape index (κ3) is 0.681. The summed E-state index contributed by atoms with van der Waals surface area (Å²) in [5, 5.41) is 0. The van der Waals surface area contributed by atoms with Gasteiger partial charge in [0, 0.05) is 0 Å². The zero-order valence-electron chi connectivity index (χ0n) is 6.55. The zero-order chi connectivity index (χ0) is 6.55. The molecule has 0 N–H and O–H groups in total. The fraction of sp³-hybridized carbons (Fsp3) is 1.00. The normalized spacial score (nSPS) is 57.6. The Bertz CT molecular complexity index is 134. The van der Waals surface area contributed by atoms with Gasteiger partial charge in [-0.1, -0.05) is 19.3 Å². The van der Waals surface area contributed by atoms with Gasteiger partial charge in [0.05, 0.1) is 0 Å². The van der Waals surface area contributed by atoms with E-state index >= 15 is 0 Å². The van der Waals surface area contributed by atoms with Gasteiger partial charge in [0.2, 0.25) is 0 Å². The van der Waals surface area contributed by atoms with E-state index in [1.165, 1.54) is 23.7 Å². The summed E-state index contributed by atoms with van der Waals surface area (Å²) in [6.07, 6.45) is 9.55. The zero-order valence-corrected chi connectivity index (χ0v) is 6.55. The second-order valence-electron chi connectivity index (χ2n) is 4.68. The predicted molar refractivity (Wildman–Crippen MR) is 41.7 cm³/mol. The molecule has 0 bridgehead atoms. The van der Waals surface area contributed by atoms with Crippen molar-refractivity contribution in [1.82, 2.24) is 0 Å². The molecule has 0 nitrogen and oxygen atoms in total. The molecular weight excluding hydrogens is 120 g/mol. The molecule has 3 aliphatic rings. The largest absolute Gasteiger partial charge is 0.0528 e. The first-order chi connectivity index (χ1) is 4.93. The van der Waals surface area contributed by atoms with Crippen LogP contribution in [0.3, 0.4) is 0 Å². The average Bonchev–Trinajstić information content (AvgIpc) is 2.52. The van der Waals surface area contributed by atoms with Gasteiger partial charge in [-0.15, -0.1) is 0 Å². The maximum Gasteiger partial charge on any atom is -0.0380 e. The van der Waals surface area contributed by atoms with Gasteiger partial charge in [0.25, 0.3) is 0 Å². The fourth-order valence-corrected chi connectivity index (χ4v) is 3.40. The molecule has 0 aromatic rings. The summed E-state index contributed by atoms with van der Waals surface area (Å²) in [5.41, 5.74) is 0. The summed E-state index contributed by atoms with van der Waals surface area (Å²) in [6, 6.07) is 0. The van der Waals surface area contributed by atoms with Crippen molar-refractivity contribution in [3.8, 4) is 0 Å². The Labute approximate surface area is 63.0 Å². The van der Waals surface area contributed by atoms with Crippen LogP contribution in [-0.4, -0.2) is 0 Å². The van der Waals surface area contributed by atoms with Crippen LogP contribution in [0.1, 0.15) is 38.5 Å². The van der Waals surface area contributed by atoms with Crippen molar-refractivity contribution in [3.63, 3.8) is 0 Å². The minimum atomic E-state index is 1.18. The lowest BCUT2D eigenvalue weighted by atomic mass is 9.82. The first-order valence-corrected chi connectivity index (χ1v) is 4.93. The van der Waals surface area contributed by atoms with Crippen LogP contribution >= 0.6 is 0 Å². The number of hydrogen-bond donors (Lipinski definition) is 0. The summed E-state index contributed by atoms with van der Waals surface area (Å²) in [6.45, 7) is 0. The Morgan fingerprint density at radius 1 is 0.600 bits per heavy atom. The second kappa shape index (κ2) is 1.78. The van der Waals surface area contributed by atoms with E-state index < -0.39 is 0 Å². The topological polar surface area (TPSA) is 0 Å².